The molecule has 1 aromatic carbocycles. The van der Waals surface area contributed by atoms with Gasteiger partial charge in [-0.15, -0.1) is 0 Å². The highest BCUT2D eigenvalue weighted by atomic mass is 32.2. The number of rotatable bonds is 3. The number of methoxy groups -OCH3 is 1. The molecule has 18 heavy (non-hydrogen) atoms. The zero-order chi connectivity index (χ0) is 13.1. The van der Waals surface area contributed by atoms with E-state index >= 15 is 0 Å². The van der Waals surface area contributed by atoms with Crippen LogP contribution in [-0.4, -0.2) is 30.7 Å². The molecule has 0 bridgehead atoms. The van der Waals surface area contributed by atoms with Gasteiger partial charge in [0.1, 0.15) is 5.75 Å². The van der Waals surface area contributed by atoms with Gasteiger partial charge in [-0.2, -0.15) is 11.8 Å². The van der Waals surface area contributed by atoms with E-state index in [9.17, 15) is 0 Å². The fraction of sp³-hybridized carbons (Fsp3) is 0.571. The van der Waals surface area contributed by atoms with E-state index in [4.69, 9.17) is 10.5 Å². The summed E-state index contributed by atoms with van der Waals surface area (Å²) in [6.45, 7) is 7.31. The third-order valence-corrected chi connectivity index (χ3v) is 4.50. The molecule has 1 aliphatic heterocycles. The Bertz CT molecular complexity index is 401. The highest BCUT2D eigenvalue weighted by molar-refractivity contribution is 8.00. The van der Waals surface area contributed by atoms with Crippen molar-refractivity contribution in [3.8, 4) is 5.75 Å². The lowest BCUT2D eigenvalue weighted by atomic mass is 10.1. The maximum Gasteiger partial charge on any atom is 0.120 e. The summed E-state index contributed by atoms with van der Waals surface area (Å²) in [7, 11) is 1.71. The van der Waals surface area contributed by atoms with E-state index in [1.807, 2.05) is 6.07 Å². The Morgan fingerprint density at radius 1 is 1.33 bits per heavy atom. The highest BCUT2D eigenvalue weighted by Gasteiger charge is 2.24. The first-order chi connectivity index (χ1) is 8.63. The number of benzene rings is 1. The number of hydrogen-bond donors (Lipinski definition) is 1. The molecule has 1 aromatic rings. The highest BCUT2D eigenvalue weighted by Crippen LogP contribution is 2.32. The summed E-state index contributed by atoms with van der Waals surface area (Å²) in [5.74, 6) is 0.903. The van der Waals surface area contributed by atoms with Crippen molar-refractivity contribution in [1.82, 2.24) is 0 Å². The average Bonchev–Trinajstić information content (AvgIpc) is 2.36. The Morgan fingerprint density at radius 3 is 2.56 bits per heavy atom. The standard InChI is InChI=1S/C14H22N2OS/c1-10-8-16(9-11(2)18-10)14-6-13(17-3)5-4-12(14)7-15/h4-6,10-11H,7-9,15H2,1-3H3. The van der Waals surface area contributed by atoms with Gasteiger partial charge in [0.05, 0.1) is 7.11 Å². The quantitative estimate of drug-likeness (QED) is 0.912. The lowest BCUT2D eigenvalue weighted by Crippen LogP contribution is -2.41. The largest absolute Gasteiger partial charge is 0.497 e. The van der Waals surface area contributed by atoms with E-state index in [2.05, 4.69) is 42.6 Å². The van der Waals surface area contributed by atoms with Gasteiger partial charge in [0.25, 0.3) is 0 Å². The predicted molar refractivity (Wildman–Crippen MR) is 79.6 cm³/mol. The van der Waals surface area contributed by atoms with Crippen molar-refractivity contribution >= 4 is 17.4 Å². The van der Waals surface area contributed by atoms with Crippen LogP contribution in [0.15, 0.2) is 18.2 Å². The molecule has 0 radical (unpaired) electrons. The summed E-state index contributed by atoms with van der Waals surface area (Å²) >= 11 is 2.06. The van der Waals surface area contributed by atoms with Crippen LogP contribution >= 0.6 is 11.8 Å². The Kier molecular flexibility index (Phi) is 4.40. The zero-order valence-electron chi connectivity index (χ0n) is 11.3. The van der Waals surface area contributed by atoms with Crippen molar-refractivity contribution in [3.05, 3.63) is 23.8 Å². The maximum atomic E-state index is 5.85. The van der Waals surface area contributed by atoms with Crippen LogP contribution in [0.2, 0.25) is 0 Å². The SMILES string of the molecule is COc1ccc(CN)c(N2CC(C)SC(C)C2)c1. The van der Waals surface area contributed by atoms with Crippen LogP contribution in [-0.2, 0) is 6.54 Å². The summed E-state index contributed by atoms with van der Waals surface area (Å²) in [4.78, 5) is 2.44. The van der Waals surface area contributed by atoms with Gasteiger partial charge in [-0.25, -0.2) is 0 Å². The number of nitrogens with zero attached hydrogens (tertiary/aromatic N) is 1. The molecule has 3 nitrogen and oxygen atoms in total. The van der Waals surface area contributed by atoms with Gasteiger partial charge < -0.3 is 15.4 Å². The zero-order valence-corrected chi connectivity index (χ0v) is 12.2. The second-order valence-corrected chi connectivity index (χ2v) is 6.74. The molecule has 0 aromatic heterocycles. The molecule has 2 atom stereocenters. The molecule has 0 amide bonds. The Labute approximate surface area is 114 Å². The minimum Gasteiger partial charge on any atom is -0.497 e. The van der Waals surface area contributed by atoms with Crippen LogP contribution < -0.4 is 15.4 Å². The Hall–Kier alpha value is -0.870. The number of anilines is 1. The van der Waals surface area contributed by atoms with Crippen LogP contribution in [0, 0.1) is 0 Å². The molecule has 2 rings (SSSR count). The summed E-state index contributed by atoms with van der Waals surface area (Å²) in [5.41, 5.74) is 8.27. The normalized spacial score (nSPS) is 24.1. The maximum absolute atomic E-state index is 5.85. The Balaban J connectivity index is 2.29. The lowest BCUT2D eigenvalue weighted by molar-refractivity contribution is 0.414. The number of ether oxygens (including phenoxy) is 1. The van der Waals surface area contributed by atoms with Gasteiger partial charge in [0.2, 0.25) is 0 Å². The minimum atomic E-state index is 0.575. The average molecular weight is 266 g/mol. The first-order valence-corrected chi connectivity index (χ1v) is 7.35. The van der Waals surface area contributed by atoms with Crippen LogP contribution in [0.3, 0.4) is 0 Å². The molecule has 1 aliphatic rings. The molecule has 0 aliphatic carbocycles. The molecule has 1 heterocycles. The molecule has 0 spiro atoms. The number of thioether (sulfide) groups is 1. The number of nitrogens with two attached hydrogens (primary N) is 1. The van der Waals surface area contributed by atoms with Gasteiger partial charge in [0.15, 0.2) is 0 Å². The third-order valence-electron chi connectivity index (χ3n) is 3.27. The van der Waals surface area contributed by atoms with E-state index in [0.29, 0.717) is 17.0 Å². The van der Waals surface area contributed by atoms with Crippen LogP contribution in [0.4, 0.5) is 5.69 Å². The van der Waals surface area contributed by atoms with Crippen molar-refractivity contribution in [3.63, 3.8) is 0 Å². The van der Waals surface area contributed by atoms with Gasteiger partial charge in [0, 0.05) is 41.9 Å². The van der Waals surface area contributed by atoms with E-state index < -0.39 is 0 Å². The van der Waals surface area contributed by atoms with Crippen molar-refractivity contribution in [1.29, 1.82) is 0 Å². The lowest BCUT2D eigenvalue weighted by Gasteiger charge is -2.37. The molecule has 2 unspecified atom stereocenters. The molecular weight excluding hydrogens is 244 g/mol. The fourth-order valence-electron chi connectivity index (χ4n) is 2.51. The fourth-order valence-corrected chi connectivity index (χ4v) is 3.84. The van der Waals surface area contributed by atoms with E-state index in [0.717, 1.165) is 18.8 Å². The van der Waals surface area contributed by atoms with Gasteiger partial charge in [-0.1, -0.05) is 19.9 Å². The monoisotopic (exact) mass is 266 g/mol. The summed E-state index contributed by atoms with van der Waals surface area (Å²) in [6.07, 6.45) is 0. The van der Waals surface area contributed by atoms with Gasteiger partial charge in [-0.05, 0) is 11.6 Å². The molecule has 0 saturated carbocycles. The summed E-state index contributed by atoms with van der Waals surface area (Å²) < 4.78 is 5.33. The smallest absolute Gasteiger partial charge is 0.120 e. The van der Waals surface area contributed by atoms with Crippen molar-refractivity contribution in [2.75, 3.05) is 25.1 Å². The van der Waals surface area contributed by atoms with Crippen LogP contribution in [0.25, 0.3) is 0 Å². The van der Waals surface area contributed by atoms with Crippen molar-refractivity contribution < 1.29 is 4.74 Å². The third kappa shape index (κ3) is 2.93. The molecule has 2 N–H and O–H groups in total. The molecule has 4 heteroatoms. The Morgan fingerprint density at radius 2 is 2.00 bits per heavy atom. The molecular formula is C14H22N2OS. The molecule has 1 fully saturated rings. The van der Waals surface area contributed by atoms with E-state index in [1.165, 1.54) is 11.3 Å². The second kappa shape index (κ2) is 5.85. The van der Waals surface area contributed by atoms with Crippen molar-refractivity contribution in [2.45, 2.75) is 30.9 Å². The minimum absolute atomic E-state index is 0.575. The van der Waals surface area contributed by atoms with Crippen molar-refractivity contribution in [2.24, 2.45) is 5.73 Å². The second-order valence-electron chi connectivity index (χ2n) is 4.86. The topological polar surface area (TPSA) is 38.5 Å². The van der Waals surface area contributed by atoms with Gasteiger partial charge >= 0.3 is 0 Å². The molecule has 100 valence electrons. The van der Waals surface area contributed by atoms with Crippen LogP contribution in [0.5, 0.6) is 5.75 Å². The van der Waals surface area contributed by atoms with E-state index in [1.54, 1.807) is 7.11 Å². The van der Waals surface area contributed by atoms with Crippen LogP contribution in [0.1, 0.15) is 19.4 Å². The van der Waals surface area contributed by atoms with Gasteiger partial charge in [-0.3, -0.25) is 0 Å². The summed E-state index contributed by atoms with van der Waals surface area (Å²) in [6, 6.07) is 6.17. The first-order valence-electron chi connectivity index (χ1n) is 6.41. The predicted octanol–water partition coefficient (Wildman–Crippen LogP) is 2.48. The number of hydrogen-bond acceptors (Lipinski definition) is 4. The first kappa shape index (κ1) is 13.6. The molecule has 1 saturated heterocycles. The summed E-state index contributed by atoms with van der Waals surface area (Å²) in [5, 5.41) is 1.32. The van der Waals surface area contributed by atoms with E-state index in [-0.39, 0.29) is 0 Å².